The summed E-state index contributed by atoms with van der Waals surface area (Å²) in [5.74, 6) is 0.483. The molecule has 0 aliphatic heterocycles. The second-order valence-corrected chi connectivity index (χ2v) is 7.27. The first-order valence-electron chi connectivity index (χ1n) is 9.03. The van der Waals surface area contributed by atoms with Gasteiger partial charge in [0, 0.05) is 18.7 Å². The lowest BCUT2D eigenvalue weighted by atomic mass is 9.78. The summed E-state index contributed by atoms with van der Waals surface area (Å²) in [7, 11) is 1.96. The van der Waals surface area contributed by atoms with E-state index in [2.05, 4.69) is 62.3 Å². The highest BCUT2D eigenvalue weighted by Gasteiger charge is 2.23. The second kappa shape index (κ2) is 5.77. The van der Waals surface area contributed by atoms with Gasteiger partial charge in [0.1, 0.15) is 0 Å². The average molecular weight is 327 g/mol. The van der Waals surface area contributed by atoms with Gasteiger partial charge in [-0.2, -0.15) is 0 Å². The quantitative estimate of drug-likeness (QED) is 0.703. The van der Waals surface area contributed by atoms with Gasteiger partial charge in [0.15, 0.2) is 0 Å². The maximum Gasteiger partial charge on any atom is 0.00660 e. The van der Waals surface area contributed by atoms with E-state index in [1.165, 1.54) is 48.7 Å². The fraction of sp³-hybridized carbons (Fsp3) is 0.250. The van der Waals surface area contributed by atoms with Crippen LogP contribution >= 0.6 is 0 Å². The van der Waals surface area contributed by atoms with Crippen LogP contribution in [-0.2, 0) is 12.8 Å². The van der Waals surface area contributed by atoms with Gasteiger partial charge in [-0.05, 0) is 80.9 Å². The highest BCUT2D eigenvalue weighted by molar-refractivity contribution is 6.03. The van der Waals surface area contributed by atoms with E-state index >= 15 is 0 Å². The third-order valence-corrected chi connectivity index (χ3v) is 6.04. The van der Waals surface area contributed by atoms with Crippen LogP contribution in [0.25, 0.3) is 34.7 Å². The summed E-state index contributed by atoms with van der Waals surface area (Å²) >= 11 is 0. The average Bonchev–Trinajstić information content (AvgIpc) is 2.65. The predicted octanol–water partition coefficient (Wildman–Crippen LogP) is 3.96. The Kier molecular flexibility index (Phi) is 3.68. The molecular formula is C24H25N. The number of benzene rings is 3. The third-order valence-electron chi connectivity index (χ3n) is 6.04. The van der Waals surface area contributed by atoms with Gasteiger partial charge in [0.25, 0.3) is 0 Å². The van der Waals surface area contributed by atoms with Gasteiger partial charge in [-0.1, -0.05) is 44.0 Å². The molecule has 0 aromatic heterocycles. The topological polar surface area (TPSA) is 12.0 Å². The number of nitrogens with one attached hydrogen (secondary N) is 1. The highest BCUT2D eigenvalue weighted by Crippen LogP contribution is 2.29. The van der Waals surface area contributed by atoms with E-state index in [-0.39, 0.29) is 0 Å². The monoisotopic (exact) mass is 327 g/mol. The van der Waals surface area contributed by atoms with Crippen molar-refractivity contribution in [2.24, 2.45) is 5.92 Å². The molecule has 1 aliphatic rings. The molecule has 126 valence electrons. The molecule has 0 saturated heterocycles. The molecule has 0 heterocycles. The van der Waals surface area contributed by atoms with Crippen molar-refractivity contribution in [3.05, 3.63) is 69.7 Å². The maximum atomic E-state index is 4.49. The zero-order valence-corrected chi connectivity index (χ0v) is 15.2. The molecule has 1 heteroatoms. The molecule has 1 aliphatic carbocycles. The molecule has 3 aromatic rings. The Bertz CT molecular complexity index is 1120. The Morgan fingerprint density at radius 1 is 1.08 bits per heavy atom. The summed E-state index contributed by atoms with van der Waals surface area (Å²) in [6.45, 7) is 15.4. The van der Waals surface area contributed by atoms with E-state index in [9.17, 15) is 0 Å². The second-order valence-electron chi connectivity index (χ2n) is 7.27. The number of rotatable bonds is 2. The molecule has 1 N–H and O–H groups in total. The standard InChI is InChI=1S/C24H25N/c1-14-22-12-18(17(4)25-5)10-11-21(22)16(3)24-15(2)20-9-7-6-8-19(20)13-23(14)24/h6-9,13,18,25H,1,3-4,10-12H2,2,5H3. The molecule has 0 spiro atoms. The number of aryl methyl sites for hydroxylation is 1. The van der Waals surface area contributed by atoms with Gasteiger partial charge in [0.2, 0.25) is 0 Å². The smallest absolute Gasteiger partial charge is 0.00660 e. The van der Waals surface area contributed by atoms with Crippen LogP contribution in [-0.4, -0.2) is 7.05 Å². The molecule has 1 atom stereocenters. The fourth-order valence-corrected chi connectivity index (χ4v) is 4.55. The van der Waals surface area contributed by atoms with Crippen LogP contribution in [0, 0.1) is 12.8 Å². The van der Waals surface area contributed by atoms with Crippen molar-refractivity contribution < 1.29 is 0 Å². The van der Waals surface area contributed by atoms with E-state index in [0.717, 1.165) is 25.0 Å². The highest BCUT2D eigenvalue weighted by atomic mass is 14.8. The zero-order valence-electron chi connectivity index (χ0n) is 15.2. The fourth-order valence-electron chi connectivity index (χ4n) is 4.55. The van der Waals surface area contributed by atoms with E-state index < -0.39 is 0 Å². The largest absolute Gasteiger partial charge is 0.392 e. The first-order valence-corrected chi connectivity index (χ1v) is 9.03. The Morgan fingerprint density at radius 2 is 1.84 bits per heavy atom. The van der Waals surface area contributed by atoms with E-state index in [4.69, 9.17) is 0 Å². The molecule has 3 aromatic carbocycles. The van der Waals surface area contributed by atoms with Crippen molar-refractivity contribution in [3.63, 3.8) is 0 Å². The SMILES string of the molecule is C=C(NC)C1CCc2c(c(=C)c3cc4ccccc4c(C)c3c2=C)C1. The van der Waals surface area contributed by atoms with Crippen LogP contribution in [0.3, 0.4) is 0 Å². The van der Waals surface area contributed by atoms with Crippen LogP contribution in [0.5, 0.6) is 0 Å². The van der Waals surface area contributed by atoms with Crippen LogP contribution in [0.4, 0.5) is 0 Å². The first kappa shape index (κ1) is 16.0. The van der Waals surface area contributed by atoms with Gasteiger partial charge in [0.05, 0.1) is 0 Å². The van der Waals surface area contributed by atoms with Crippen molar-refractivity contribution >= 4 is 34.7 Å². The van der Waals surface area contributed by atoms with Crippen LogP contribution in [0.1, 0.15) is 23.1 Å². The lowest BCUT2D eigenvalue weighted by molar-refractivity contribution is 0.502. The minimum absolute atomic E-state index is 0.483. The van der Waals surface area contributed by atoms with Gasteiger partial charge in [-0.25, -0.2) is 0 Å². The molecule has 0 amide bonds. The lowest BCUT2D eigenvalue weighted by Crippen LogP contribution is -2.31. The molecular weight excluding hydrogens is 302 g/mol. The Balaban J connectivity index is 2.06. The Morgan fingerprint density at radius 3 is 2.60 bits per heavy atom. The van der Waals surface area contributed by atoms with Crippen LogP contribution in [0.2, 0.25) is 0 Å². The normalized spacial score (nSPS) is 16.8. The lowest BCUT2D eigenvalue weighted by Gasteiger charge is -2.28. The van der Waals surface area contributed by atoms with Crippen LogP contribution in [0.15, 0.2) is 42.6 Å². The summed E-state index contributed by atoms with van der Waals surface area (Å²) in [6, 6.07) is 10.9. The van der Waals surface area contributed by atoms with E-state index in [0.29, 0.717) is 5.92 Å². The van der Waals surface area contributed by atoms with Crippen molar-refractivity contribution in [2.45, 2.75) is 26.2 Å². The molecule has 0 fully saturated rings. The minimum atomic E-state index is 0.483. The first-order chi connectivity index (χ1) is 12.0. The number of hydrogen-bond donors (Lipinski definition) is 1. The van der Waals surface area contributed by atoms with Crippen molar-refractivity contribution in [1.29, 1.82) is 0 Å². The van der Waals surface area contributed by atoms with Gasteiger partial charge in [-0.15, -0.1) is 0 Å². The molecule has 0 saturated carbocycles. The summed E-state index contributed by atoms with van der Waals surface area (Å²) in [5, 5.41) is 10.8. The minimum Gasteiger partial charge on any atom is -0.392 e. The van der Waals surface area contributed by atoms with Gasteiger partial charge in [-0.3, -0.25) is 0 Å². The summed E-state index contributed by atoms with van der Waals surface area (Å²) in [6.07, 6.45) is 3.20. The Labute approximate surface area is 149 Å². The summed E-state index contributed by atoms with van der Waals surface area (Å²) in [4.78, 5) is 0. The Hall–Kier alpha value is -2.54. The van der Waals surface area contributed by atoms with Crippen molar-refractivity contribution in [1.82, 2.24) is 5.32 Å². The number of hydrogen-bond acceptors (Lipinski definition) is 1. The molecule has 0 bridgehead atoms. The molecule has 1 unspecified atom stereocenters. The number of fused-ring (bicyclic) bond motifs is 3. The van der Waals surface area contributed by atoms with Gasteiger partial charge >= 0.3 is 0 Å². The van der Waals surface area contributed by atoms with Gasteiger partial charge < -0.3 is 5.32 Å². The molecule has 4 rings (SSSR count). The predicted molar refractivity (Wildman–Crippen MR) is 110 cm³/mol. The third kappa shape index (κ3) is 2.30. The van der Waals surface area contributed by atoms with Crippen molar-refractivity contribution in [2.75, 3.05) is 7.05 Å². The number of allylic oxidation sites excluding steroid dienone is 1. The van der Waals surface area contributed by atoms with Crippen LogP contribution < -0.4 is 15.8 Å². The maximum absolute atomic E-state index is 4.49. The summed E-state index contributed by atoms with van der Waals surface area (Å²) < 4.78 is 0. The summed E-state index contributed by atoms with van der Waals surface area (Å²) in [5.41, 5.74) is 5.26. The molecule has 1 nitrogen and oxygen atoms in total. The van der Waals surface area contributed by atoms with E-state index in [1.807, 2.05) is 7.05 Å². The molecule has 25 heavy (non-hydrogen) atoms. The molecule has 0 radical (unpaired) electrons. The van der Waals surface area contributed by atoms with Crippen molar-refractivity contribution in [3.8, 4) is 0 Å². The van der Waals surface area contributed by atoms with E-state index in [1.54, 1.807) is 0 Å². The zero-order chi connectivity index (χ0) is 17.7.